The Morgan fingerprint density at radius 3 is 2.30 bits per heavy atom. The van der Waals surface area contributed by atoms with Gasteiger partial charge in [0.2, 0.25) is 0 Å². The molecule has 0 radical (unpaired) electrons. The van der Waals surface area contributed by atoms with E-state index < -0.39 is 9.84 Å². The fraction of sp³-hybridized carbons (Fsp3) is 0.696. The van der Waals surface area contributed by atoms with E-state index in [0.717, 1.165) is 32.2 Å². The second kappa shape index (κ2) is 8.15. The van der Waals surface area contributed by atoms with Crippen molar-refractivity contribution in [1.29, 1.82) is 0 Å². The molecule has 2 saturated carbocycles. The van der Waals surface area contributed by atoms with Gasteiger partial charge in [-0.05, 0) is 57.1 Å². The molecule has 1 N–H and O–H groups in total. The first-order valence-corrected chi connectivity index (χ1v) is 13.3. The van der Waals surface area contributed by atoms with Gasteiger partial charge < -0.3 is 15.1 Å². The topological polar surface area (TPSA) is 69.7 Å². The molecule has 1 aromatic carbocycles. The van der Waals surface area contributed by atoms with Gasteiger partial charge in [0.1, 0.15) is 9.84 Å². The summed E-state index contributed by atoms with van der Waals surface area (Å²) in [5.74, 6) is 0.641. The van der Waals surface area contributed by atoms with Crippen LogP contribution < -0.4 is 5.32 Å². The van der Waals surface area contributed by atoms with Crippen LogP contribution in [0.2, 0.25) is 0 Å². The predicted octanol–water partition coefficient (Wildman–Crippen LogP) is 3.00. The van der Waals surface area contributed by atoms with Crippen LogP contribution in [0.25, 0.3) is 0 Å². The molecule has 0 bridgehead atoms. The minimum atomic E-state index is -3.09. The third-order valence-corrected chi connectivity index (χ3v) is 8.72. The monoisotopic (exact) mass is 433 g/mol. The molecule has 1 aromatic rings. The van der Waals surface area contributed by atoms with Gasteiger partial charge in [-0.3, -0.25) is 0 Å². The zero-order chi connectivity index (χ0) is 21.4. The van der Waals surface area contributed by atoms with Crippen molar-refractivity contribution in [2.45, 2.75) is 56.0 Å². The summed E-state index contributed by atoms with van der Waals surface area (Å²) in [7, 11) is -1.06. The number of rotatable bonds is 7. The highest BCUT2D eigenvalue weighted by Crippen LogP contribution is 2.47. The van der Waals surface area contributed by atoms with Crippen molar-refractivity contribution in [3.05, 3.63) is 35.9 Å². The quantitative estimate of drug-likeness (QED) is 0.718. The fourth-order valence-electron chi connectivity index (χ4n) is 5.55. The number of carbonyl (C=O) groups is 1. The van der Waals surface area contributed by atoms with E-state index in [2.05, 4.69) is 34.5 Å². The zero-order valence-corrected chi connectivity index (χ0v) is 19.1. The highest BCUT2D eigenvalue weighted by atomic mass is 32.2. The molecule has 4 rings (SSSR count). The van der Waals surface area contributed by atoms with Crippen molar-refractivity contribution in [2.75, 3.05) is 38.7 Å². The van der Waals surface area contributed by atoms with Crippen LogP contribution in [0, 0.1) is 5.92 Å². The number of sulfone groups is 1. The maximum Gasteiger partial charge on any atom is 0.320 e. The Balaban J connectivity index is 1.54. The molecule has 2 amide bonds. The largest absolute Gasteiger partial charge is 0.321 e. The second-order valence-electron chi connectivity index (χ2n) is 9.66. The average molecular weight is 434 g/mol. The number of benzene rings is 1. The maximum atomic E-state index is 13.3. The molecule has 30 heavy (non-hydrogen) atoms. The predicted molar refractivity (Wildman–Crippen MR) is 119 cm³/mol. The first-order valence-electron chi connectivity index (χ1n) is 11.3. The summed E-state index contributed by atoms with van der Waals surface area (Å²) in [6.45, 7) is 1.78. The lowest BCUT2D eigenvalue weighted by Gasteiger charge is -2.49. The molecule has 7 heteroatoms. The summed E-state index contributed by atoms with van der Waals surface area (Å²) in [5.41, 5.74) is 1.09. The Hall–Kier alpha value is -1.60. The molecule has 1 saturated heterocycles. The van der Waals surface area contributed by atoms with E-state index in [4.69, 9.17) is 0 Å². The van der Waals surface area contributed by atoms with Crippen LogP contribution in [0.5, 0.6) is 0 Å². The molecule has 166 valence electrons. The average Bonchev–Trinajstić information content (AvgIpc) is 2.95. The molecule has 1 aliphatic heterocycles. The molecule has 0 aromatic heterocycles. The van der Waals surface area contributed by atoms with Gasteiger partial charge in [-0.25, -0.2) is 13.2 Å². The van der Waals surface area contributed by atoms with Gasteiger partial charge >= 0.3 is 6.03 Å². The van der Waals surface area contributed by atoms with E-state index in [-0.39, 0.29) is 22.9 Å². The number of hydrogen-bond donors (Lipinski definition) is 1. The van der Waals surface area contributed by atoms with Crippen LogP contribution >= 0.6 is 0 Å². The third-order valence-electron chi connectivity index (χ3n) is 7.80. The SMILES string of the molecule is CNC1(c2ccccc2)CCC2(CC1)CN(CCS(C)(=O)=O)C(=O)N2CC1CCC1. The van der Waals surface area contributed by atoms with Gasteiger partial charge in [0.05, 0.1) is 11.3 Å². The highest BCUT2D eigenvalue weighted by molar-refractivity contribution is 7.90. The van der Waals surface area contributed by atoms with Crippen molar-refractivity contribution >= 4 is 15.9 Å². The molecule has 6 nitrogen and oxygen atoms in total. The van der Waals surface area contributed by atoms with Gasteiger partial charge in [0, 0.05) is 31.4 Å². The van der Waals surface area contributed by atoms with Crippen LogP contribution in [0.15, 0.2) is 30.3 Å². The molecule has 0 atom stereocenters. The van der Waals surface area contributed by atoms with E-state index in [0.29, 0.717) is 19.0 Å². The van der Waals surface area contributed by atoms with E-state index in [1.54, 1.807) is 4.90 Å². The summed E-state index contributed by atoms with van der Waals surface area (Å²) < 4.78 is 23.4. The minimum Gasteiger partial charge on any atom is -0.321 e. The summed E-state index contributed by atoms with van der Waals surface area (Å²) in [6.07, 6.45) is 8.74. The molecule has 1 heterocycles. The van der Waals surface area contributed by atoms with Gasteiger partial charge in [-0.1, -0.05) is 36.8 Å². The smallest absolute Gasteiger partial charge is 0.320 e. The molecular formula is C23H35N3O3S. The van der Waals surface area contributed by atoms with Crippen LogP contribution in [-0.2, 0) is 15.4 Å². The molecular weight excluding hydrogens is 398 g/mol. The van der Waals surface area contributed by atoms with Crippen molar-refractivity contribution < 1.29 is 13.2 Å². The summed E-state index contributed by atoms with van der Waals surface area (Å²) in [4.78, 5) is 17.2. The molecule has 0 unspecified atom stereocenters. The number of carbonyl (C=O) groups excluding carboxylic acids is 1. The Labute approximate surface area is 180 Å². The number of nitrogens with zero attached hydrogens (tertiary/aromatic N) is 2. The standard InChI is InChI=1S/C23H35N3O3S/c1-24-23(20-9-4-3-5-10-20)13-11-22(12-14-23)18-25(15-16-30(2,28)29)21(27)26(22)17-19-7-6-8-19/h3-5,9-10,19,24H,6-8,11-18H2,1-2H3. The first kappa shape index (κ1) is 21.6. The number of nitrogens with one attached hydrogen (secondary N) is 1. The summed E-state index contributed by atoms with van der Waals surface area (Å²) in [5, 5.41) is 3.59. The maximum absolute atomic E-state index is 13.3. The van der Waals surface area contributed by atoms with E-state index in [1.165, 1.54) is 31.1 Å². The van der Waals surface area contributed by atoms with Crippen molar-refractivity contribution in [1.82, 2.24) is 15.1 Å². The number of hydrogen-bond acceptors (Lipinski definition) is 4. The molecule has 2 aliphatic carbocycles. The van der Waals surface area contributed by atoms with Crippen LogP contribution in [-0.4, -0.2) is 68.5 Å². The van der Waals surface area contributed by atoms with Gasteiger partial charge in [-0.15, -0.1) is 0 Å². The van der Waals surface area contributed by atoms with Crippen LogP contribution in [0.4, 0.5) is 4.79 Å². The lowest BCUT2D eigenvalue weighted by atomic mass is 9.68. The lowest BCUT2D eigenvalue weighted by molar-refractivity contribution is 0.0585. The fourth-order valence-corrected chi connectivity index (χ4v) is 6.10. The van der Waals surface area contributed by atoms with E-state index in [9.17, 15) is 13.2 Å². The normalized spacial score (nSPS) is 30.1. The Bertz CT molecular complexity index is 859. The zero-order valence-electron chi connectivity index (χ0n) is 18.3. The van der Waals surface area contributed by atoms with E-state index in [1.807, 2.05) is 13.1 Å². The van der Waals surface area contributed by atoms with Gasteiger partial charge in [-0.2, -0.15) is 0 Å². The minimum absolute atomic E-state index is 0.0383. The van der Waals surface area contributed by atoms with Gasteiger partial charge in [0.25, 0.3) is 0 Å². The summed E-state index contributed by atoms with van der Waals surface area (Å²) >= 11 is 0. The Morgan fingerprint density at radius 1 is 1.10 bits per heavy atom. The Kier molecular flexibility index (Phi) is 5.88. The molecule has 1 spiro atoms. The number of urea groups is 1. The third kappa shape index (κ3) is 4.11. The molecule has 3 fully saturated rings. The van der Waals surface area contributed by atoms with Crippen LogP contribution in [0.1, 0.15) is 50.5 Å². The lowest BCUT2D eigenvalue weighted by Crippen LogP contribution is -2.56. The highest BCUT2D eigenvalue weighted by Gasteiger charge is 2.54. The van der Waals surface area contributed by atoms with E-state index >= 15 is 0 Å². The molecule has 3 aliphatic rings. The van der Waals surface area contributed by atoms with Crippen LogP contribution in [0.3, 0.4) is 0 Å². The van der Waals surface area contributed by atoms with Crippen molar-refractivity contribution in [3.63, 3.8) is 0 Å². The Morgan fingerprint density at radius 2 is 1.77 bits per heavy atom. The second-order valence-corrected chi connectivity index (χ2v) is 11.9. The number of amides is 2. The first-order chi connectivity index (χ1) is 14.3. The van der Waals surface area contributed by atoms with Crippen molar-refractivity contribution in [2.24, 2.45) is 5.92 Å². The van der Waals surface area contributed by atoms with Crippen molar-refractivity contribution in [3.8, 4) is 0 Å². The van der Waals surface area contributed by atoms with Gasteiger partial charge in [0.15, 0.2) is 0 Å². The summed E-state index contributed by atoms with van der Waals surface area (Å²) in [6, 6.07) is 10.7.